The van der Waals surface area contributed by atoms with Crippen LogP contribution < -0.4 is 10.2 Å². The normalized spacial score (nSPS) is 15.4. The number of anilines is 2. The van der Waals surface area contributed by atoms with E-state index in [0.717, 1.165) is 55.0 Å². The number of alkyl halides is 3. The summed E-state index contributed by atoms with van der Waals surface area (Å²) in [6.07, 6.45) is 0.0662. The van der Waals surface area contributed by atoms with Gasteiger partial charge in [0.1, 0.15) is 11.6 Å². The number of pyridine rings is 2. The number of hydrogen-bond donors (Lipinski definition) is 1. The van der Waals surface area contributed by atoms with Crippen LogP contribution in [-0.4, -0.2) is 42.7 Å². The minimum absolute atomic E-state index is 0.228. The molecule has 1 atom stereocenters. The van der Waals surface area contributed by atoms with Crippen LogP contribution in [0.3, 0.4) is 0 Å². The zero-order valence-electron chi connectivity index (χ0n) is 20.8. The van der Waals surface area contributed by atoms with Gasteiger partial charge in [-0.2, -0.15) is 13.2 Å². The molecule has 6 nitrogen and oxygen atoms in total. The van der Waals surface area contributed by atoms with Gasteiger partial charge in [-0.15, -0.1) is 0 Å². The predicted octanol–water partition coefficient (Wildman–Crippen LogP) is 6.21. The number of aryl methyl sites for hydroxylation is 1. The predicted molar refractivity (Wildman–Crippen MR) is 133 cm³/mol. The minimum Gasteiger partial charge on any atom is -0.385 e. The van der Waals surface area contributed by atoms with E-state index in [0.29, 0.717) is 23.9 Å². The third-order valence-corrected chi connectivity index (χ3v) is 6.64. The number of methoxy groups -OCH3 is 1. The second kappa shape index (κ2) is 10.8. The molecule has 10 heteroatoms. The van der Waals surface area contributed by atoms with Crippen molar-refractivity contribution < 1.29 is 27.1 Å². The first-order valence-corrected chi connectivity index (χ1v) is 12.0. The van der Waals surface area contributed by atoms with Gasteiger partial charge in [-0.05, 0) is 62.4 Å². The molecule has 0 aliphatic carbocycles. The number of nitrogens with one attached hydrogen (secondary N) is 1. The van der Waals surface area contributed by atoms with Crippen molar-refractivity contribution in [2.24, 2.45) is 0 Å². The van der Waals surface area contributed by atoms with E-state index in [-0.39, 0.29) is 11.6 Å². The maximum Gasteiger partial charge on any atom is 0.419 e. The Kier molecular flexibility index (Phi) is 7.77. The van der Waals surface area contributed by atoms with Gasteiger partial charge in [0, 0.05) is 49.8 Å². The standard InChI is InChI=1S/C27H28F4N4O2/c1-4-35-10-8-17(9-11-37-3)22-12-18(14-33-25(22)35)21-13-19(15-32-16(21)2)34-26(36)20-6-5-7-23(24(20)28)27(29,30)31/h5-7,12-15,17H,4,8-11H2,1-3H3,(H,34,36). The van der Waals surface area contributed by atoms with Gasteiger partial charge in [0.15, 0.2) is 0 Å². The molecule has 1 unspecified atom stereocenters. The molecule has 1 aliphatic heterocycles. The van der Waals surface area contributed by atoms with Crippen LogP contribution in [0.4, 0.5) is 29.1 Å². The summed E-state index contributed by atoms with van der Waals surface area (Å²) in [7, 11) is 1.68. The lowest BCUT2D eigenvalue weighted by atomic mass is 9.88. The second-order valence-corrected chi connectivity index (χ2v) is 8.96. The van der Waals surface area contributed by atoms with Gasteiger partial charge in [-0.1, -0.05) is 6.07 Å². The van der Waals surface area contributed by atoms with Gasteiger partial charge < -0.3 is 15.0 Å². The largest absolute Gasteiger partial charge is 0.419 e. The number of aromatic nitrogens is 2. The van der Waals surface area contributed by atoms with Crippen molar-refractivity contribution >= 4 is 17.4 Å². The quantitative estimate of drug-likeness (QED) is 0.378. The zero-order chi connectivity index (χ0) is 26.7. The summed E-state index contributed by atoms with van der Waals surface area (Å²) in [5, 5.41) is 2.48. The van der Waals surface area contributed by atoms with Crippen molar-refractivity contribution in [3.8, 4) is 11.1 Å². The molecule has 4 rings (SSSR count). The molecule has 37 heavy (non-hydrogen) atoms. The van der Waals surface area contributed by atoms with E-state index in [2.05, 4.69) is 28.2 Å². The summed E-state index contributed by atoms with van der Waals surface area (Å²) in [4.78, 5) is 24.0. The molecule has 2 aromatic heterocycles. The monoisotopic (exact) mass is 516 g/mol. The molecule has 0 saturated heterocycles. The Morgan fingerprint density at radius 2 is 2.00 bits per heavy atom. The molecule has 0 spiro atoms. The lowest BCUT2D eigenvalue weighted by Gasteiger charge is -2.34. The average Bonchev–Trinajstić information content (AvgIpc) is 2.87. The fourth-order valence-electron chi connectivity index (χ4n) is 4.65. The second-order valence-electron chi connectivity index (χ2n) is 8.96. The molecule has 0 bridgehead atoms. The maximum absolute atomic E-state index is 14.5. The topological polar surface area (TPSA) is 67.3 Å². The molecule has 196 valence electrons. The van der Waals surface area contributed by atoms with Gasteiger partial charge >= 0.3 is 6.18 Å². The molecule has 1 N–H and O–H groups in total. The van der Waals surface area contributed by atoms with Gasteiger partial charge in [0.25, 0.3) is 5.91 Å². The van der Waals surface area contributed by atoms with E-state index in [1.165, 1.54) is 6.20 Å². The fraction of sp³-hybridized carbons (Fsp3) is 0.370. The Balaban J connectivity index is 1.66. The SMILES string of the molecule is CCN1CCC(CCOC)c2cc(-c3cc(NC(=O)c4cccc(C(F)(F)F)c4F)cnc3C)cnc21. The van der Waals surface area contributed by atoms with Gasteiger partial charge in [-0.25, -0.2) is 9.37 Å². The van der Waals surface area contributed by atoms with Crippen molar-refractivity contribution in [1.29, 1.82) is 0 Å². The zero-order valence-corrected chi connectivity index (χ0v) is 20.8. The number of halogens is 4. The fourth-order valence-corrected chi connectivity index (χ4v) is 4.65. The van der Waals surface area contributed by atoms with Crippen molar-refractivity contribution in [1.82, 2.24) is 9.97 Å². The van der Waals surface area contributed by atoms with Crippen LogP contribution >= 0.6 is 0 Å². The summed E-state index contributed by atoms with van der Waals surface area (Å²) in [6, 6.07) is 6.35. The molecule has 1 amide bonds. The molecule has 0 saturated carbocycles. The van der Waals surface area contributed by atoms with Gasteiger partial charge in [0.05, 0.1) is 23.0 Å². The van der Waals surface area contributed by atoms with Crippen molar-refractivity contribution in [3.63, 3.8) is 0 Å². The highest BCUT2D eigenvalue weighted by molar-refractivity contribution is 6.04. The number of carbonyl (C=O) groups excluding carboxylic acids is 1. The van der Waals surface area contributed by atoms with E-state index >= 15 is 0 Å². The van der Waals surface area contributed by atoms with E-state index in [4.69, 9.17) is 9.72 Å². The Morgan fingerprint density at radius 3 is 2.70 bits per heavy atom. The lowest BCUT2D eigenvalue weighted by Crippen LogP contribution is -2.32. The summed E-state index contributed by atoms with van der Waals surface area (Å²) >= 11 is 0. The van der Waals surface area contributed by atoms with E-state index < -0.39 is 29.0 Å². The van der Waals surface area contributed by atoms with Gasteiger partial charge in [0.2, 0.25) is 0 Å². The first kappa shape index (κ1) is 26.5. The number of rotatable bonds is 7. The maximum atomic E-state index is 14.5. The molecule has 1 aliphatic rings. The van der Waals surface area contributed by atoms with Crippen LogP contribution in [0.15, 0.2) is 42.7 Å². The lowest BCUT2D eigenvalue weighted by molar-refractivity contribution is -0.140. The van der Waals surface area contributed by atoms with Crippen LogP contribution in [0.1, 0.15) is 52.9 Å². The molecule has 3 aromatic rings. The third kappa shape index (κ3) is 5.58. The number of hydrogen-bond acceptors (Lipinski definition) is 5. The number of ether oxygens (including phenoxy) is 1. The summed E-state index contributed by atoms with van der Waals surface area (Å²) in [6.45, 7) is 6.29. The highest BCUT2D eigenvalue weighted by Crippen LogP contribution is 2.39. The Morgan fingerprint density at radius 1 is 1.22 bits per heavy atom. The van der Waals surface area contributed by atoms with E-state index in [1.54, 1.807) is 19.4 Å². The van der Waals surface area contributed by atoms with Crippen molar-refractivity contribution in [2.75, 3.05) is 37.0 Å². The van der Waals surface area contributed by atoms with Crippen molar-refractivity contribution in [3.05, 3.63) is 70.9 Å². The van der Waals surface area contributed by atoms with Crippen LogP contribution in [0.2, 0.25) is 0 Å². The Bertz CT molecular complexity index is 1300. The van der Waals surface area contributed by atoms with Crippen LogP contribution in [0, 0.1) is 12.7 Å². The number of carbonyl (C=O) groups is 1. The molecule has 0 radical (unpaired) electrons. The molecular weight excluding hydrogens is 488 g/mol. The highest BCUT2D eigenvalue weighted by Gasteiger charge is 2.35. The smallest absolute Gasteiger partial charge is 0.385 e. The summed E-state index contributed by atoms with van der Waals surface area (Å²) in [5.74, 6) is -1.39. The molecule has 1 aromatic carbocycles. The highest BCUT2D eigenvalue weighted by atomic mass is 19.4. The van der Waals surface area contributed by atoms with Crippen molar-refractivity contribution in [2.45, 2.75) is 38.8 Å². The van der Waals surface area contributed by atoms with Crippen LogP contribution in [-0.2, 0) is 10.9 Å². The average molecular weight is 517 g/mol. The van der Waals surface area contributed by atoms with Crippen LogP contribution in [0.5, 0.6) is 0 Å². The number of fused-ring (bicyclic) bond motifs is 1. The van der Waals surface area contributed by atoms with Crippen LogP contribution in [0.25, 0.3) is 11.1 Å². The number of amides is 1. The van der Waals surface area contributed by atoms with Gasteiger partial charge in [-0.3, -0.25) is 9.78 Å². The first-order valence-electron chi connectivity index (χ1n) is 12.0. The first-order chi connectivity index (χ1) is 17.6. The third-order valence-electron chi connectivity index (χ3n) is 6.64. The Hall–Kier alpha value is -3.53. The minimum atomic E-state index is -4.91. The number of benzene rings is 1. The van der Waals surface area contributed by atoms with E-state index in [1.807, 2.05) is 6.92 Å². The summed E-state index contributed by atoms with van der Waals surface area (Å²) < 4.78 is 59.0. The van der Waals surface area contributed by atoms with E-state index in [9.17, 15) is 22.4 Å². The summed E-state index contributed by atoms with van der Waals surface area (Å²) in [5.41, 5.74) is 1.33. The Labute approximate surface area is 212 Å². The molecule has 3 heterocycles. The number of nitrogens with zero attached hydrogens (tertiary/aromatic N) is 3. The molecular formula is C27H28F4N4O2. The molecule has 0 fully saturated rings.